The fraction of sp³-hybridized carbons (Fsp3) is 0.471. The second kappa shape index (κ2) is 5.60. The fourth-order valence-electron chi connectivity index (χ4n) is 2.69. The van der Waals surface area contributed by atoms with Gasteiger partial charge in [0.2, 0.25) is 5.91 Å². The molecule has 1 aromatic carbocycles. The number of carbonyl (C=O) groups is 1. The van der Waals surface area contributed by atoms with Gasteiger partial charge >= 0.3 is 0 Å². The first-order chi connectivity index (χ1) is 9.04. The molecule has 2 nitrogen and oxygen atoms in total. The third-order valence-electron chi connectivity index (χ3n) is 4.04. The number of amides is 1. The molecule has 19 heavy (non-hydrogen) atoms. The lowest BCUT2D eigenvalue weighted by atomic mass is 10.0. The molecule has 1 aliphatic heterocycles. The average molecular weight is 257 g/mol. The molecular weight excluding hydrogens is 234 g/mol. The van der Waals surface area contributed by atoms with Gasteiger partial charge in [-0.2, -0.15) is 0 Å². The number of carbonyl (C=O) groups excluding carboxylic acids is 1. The van der Waals surface area contributed by atoms with E-state index < -0.39 is 0 Å². The summed E-state index contributed by atoms with van der Waals surface area (Å²) >= 11 is 0. The van der Waals surface area contributed by atoms with E-state index in [2.05, 4.69) is 39.0 Å². The molecule has 1 aromatic rings. The monoisotopic (exact) mass is 257 g/mol. The minimum absolute atomic E-state index is 0.233. The summed E-state index contributed by atoms with van der Waals surface area (Å²) in [6.07, 6.45) is 2.52. The van der Waals surface area contributed by atoms with Crippen molar-refractivity contribution in [1.29, 1.82) is 0 Å². The highest BCUT2D eigenvalue weighted by molar-refractivity contribution is 5.96. The van der Waals surface area contributed by atoms with Crippen LogP contribution in [0.1, 0.15) is 46.1 Å². The first-order valence-corrected chi connectivity index (χ1v) is 7.07. The number of fused-ring (bicyclic) bond motifs is 1. The molecule has 1 aliphatic rings. The van der Waals surface area contributed by atoms with Crippen LogP contribution in [0.2, 0.25) is 0 Å². The number of nitrogens with zero attached hydrogens (tertiary/aromatic N) is 1. The lowest BCUT2D eigenvalue weighted by molar-refractivity contribution is -0.118. The van der Waals surface area contributed by atoms with Crippen molar-refractivity contribution in [3.05, 3.63) is 41.0 Å². The second-order valence-corrected chi connectivity index (χ2v) is 5.59. The predicted octanol–water partition coefficient (Wildman–Crippen LogP) is 4.10. The van der Waals surface area contributed by atoms with Gasteiger partial charge in [0, 0.05) is 18.2 Å². The number of benzene rings is 1. The van der Waals surface area contributed by atoms with E-state index in [1.165, 1.54) is 16.7 Å². The molecule has 1 heterocycles. The maximum absolute atomic E-state index is 12.2. The summed E-state index contributed by atoms with van der Waals surface area (Å²) < 4.78 is 0. The Labute approximate surface area is 116 Å². The highest BCUT2D eigenvalue weighted by Crippen LogP contribution is 2.35. The summed E-state index contributed by atoms with van der Waals surface area (Å²) in [5.41, 5.74) is 5.17. The van der Waals surface area contributed by atoms with Crippen LogP contribution in [0.4, 0.5) is 5.69 Å². The molecule has 1 amide bonds. The Morgan fingerprint density at radius 1 is 1.26 bits per heavy atom. The Balaban J connectivity index is 2.31. The van der Waals surface area contributed by atoms with Gasteiger partial charge in [-0.3, -0.25) is 4.79 Å². The number of hydrogen-bond acceptors (Lipinski definition) is 1. The van der Waals surface area contributed by atoms with E-state index in [0.717, 1.165) is 18.5 Å². The SMILES string of the molecule is CCC(=O)N1c2ccccc2CC1CC(C)=C(C)C. The third kappa shape index (κ3) is 2.73. The van der Waals surface area contributed by atoms with Gasteiger partial charge < -0.3 is 4.90 Å². The molecule has 0 saturated heterocycles. The molecular formula is C17H23NO. The third-order valence-corrected chi connectivity index (χ3v) is 4.04. The van der Waals surface area contributed by atoms with E-state index in [9.17, 15) is 4.79 Å². The van der Waals surface area contributed by atoms with Crippen LogP contribution in [0.25, 0.3) is 0 Å². The van der Waals surface area contributed by atoms with Crippen molar-refractivity contribution in [2.24, 2.45) is 0 Å². The molecule has 0 spiro atoms. The molecule has 0 fully saturated rings. The van der Waals surface area contributed by atoms with Crippen molar-refractivity contribution in [2.45, 2.75) is 53.0 Å². The molecule has 2 heteroatoms. The molecule has 0 radical (unpaired) electrons. The average Bonchev–Trinajstić information content (AvgIpc) is 2.75. The summed E-state index contributed by atoms with van der Waals surface area (Å²) in [7, 11) is 0. The summed E-state index contributed by atoms with van der Waals surface area (Å²) in [6, 6.07) is 8.58. The van der Waals surface area contributed by atoms with Crippen LogP contribution >= 0.6 is 0 Å². The number of allylic oxidation sites excluding steroid dienone is 1. The van der Waals surface area contributed by atoms with Gasteiger partial charge in [0.05, 0.1) is 0 Å². The van der Waals surface area contributed by atoms with E-state index in [1.54, 1.807) is 0 Å². The van der Waals surface area contributed by atoms with E-state index in [0.29, 0.717) is 12.5 Å². The molecule has 0 N–H and O–H groups in total. The lowest BCUT2D eigenvalue weighted by Gasteiger charge is -2.26. The summed E-state index contributed by atoms with van der Waals surface area (Å²) in [5, 5.41) is 0. The van der Waals surface area contributed by atoms with Crippen LogP contribution in [-0.2, 0) is 11.2 Å². The van der Waals surface area contributed by atoms with Crippen molar-refractivity contribution in [3.8, 4) is 0 Å². The van der Waals surface area contributed by atoms with Gasteiger partial charge in [-0.25, -0.2) is 0 Å². The van der Waals surface area contributed by atoms with Crippen molar-refractivity contribution in [1.82, 2.24) is 0 Å². The summed E-state index contributed by atoms with van der Waals surface area (Å²) in [4.78, 5) is 14.3. The smallest absolute Gasteiger partial charge is 0.226 e. The van der Waals surface area contributed by atoms with Crippen LogP contribution in [0.5, 0.6) is 0 Å². The fourth-order valence-corrected chi connectivity index (χ4v) is 2.69. The van der Waals surface area contributed by atoms with E-state index in [1.807, 2.05) is 17.9 Å². The van der Waals surface area contributed by atoms with Gasteiger partial charge in [-0.1, -0.05) is 36.3 Å². The van der Waals surface area contributed by atoms with Crippen molar-refractivity contribution in [2.75, 3.05) is 4.90 Å². The first kappa shape index (κ1) is 13.9. The summed E-state index contributed by atoms with van der Waals surface area (Å²) in [6.45, 7) is 8.40. The van der Waals surface area contributed by atoms with Gasteiger partial charge in [0.1, 0.15) is 0 Å². The zero-order valence-electron chi connectivity index (χ0n) is 12.4. The normalized spacial score (nSPS) is 17.3. The van der Waals surface area contributed by atoms with Crippen LogP contribution in [0.3, 0.4) is 0 Å². The Morgan fingerprint density at radius 3 is 2.58 bits per heavy atom. The van der Waals surface area contributed by atoms with Crippen molar-refractivity contribution < 1.29 is 4.79 Å². The minimum Gasteiger partial charge on any atom is -0.308 e. The van der Waals surface area contributed by atoms with Crippen molar-refractivity contribution >= 4 is 11.6 Å². The van der Waals surface area contributed by atoms with E-state index in [-0.39, 0.29) is 5.91 Å². The molecule has 0 aliphatic carbocycles. The predicted molar refractivity (Wildman–Crippen MR) is 80.4 cm³/mol. The van der Waals surface area contributed by atoms with Crippen molar-refractivity contribution in [3.63, 3.8) is 0 Å². The Bertz CT molecular complexity index is 512. The van der Waals surface area contributed by atoms with E-state index >= 15 is 0 Å². The van der Waals surface area contributed by atoms with Crippen LogP contribution in [-0.4, -0.2) is 11.9 Å². The van der Waals surface area contributed by atoms with Crippen LogP contribution < -0.4 is 4.90 Å². The Kier molecular flexibility index (Phi) is 4.08. The van der Waals surface area contributed by atoms with Gasteiger partial charge in [-0.05, 0) is 45.2 Å². The number of hydrogen-bond donors (Lipinski definition) is 0. The number of para-hydroxylation sites is 1. The van der Waals surface area contributed by atoms with Crippen LogP contribution in [0.15, 0.2) is 35.4 Å². The first-order valence-electron chi connectivity index (χ1n) is 7.07. The lowest BCUT2D eigenvalue weighted by Crippen LogP contribution is -2.37. The zero-order chi connectivity index (χ0) is 14.0. The molecule has 0 aromatic heterocycles. The standard InChI is InChI=1S/C17H23NO/c1-5-17(19)18-15(10-13(4)12(2)3)11-14-8-6-7-9-16(14)18/h6-9,15H,5,10-11H2,1-4H3. The Morgan fingerprint density at radius 2 is 1.95 bits per heavy atom. The zero-order valence-corrected chi connectivity index (χ0v) is 12.4. The highest BCUT2D eigenvalue weighted by Gasteiger charge is 2.32. The van der Waals surface area contributed by atoms with E-state index in [4.69, 9.17) is 0 Å². The largest absolute Gasteiger partial charge is 0.308 e. The molecule has 1 unspecified atom stereocenters. The van der Waals surface area contributed by atoms with Gasteiger partial charge in [-0.15, -0.1) is 0 Å². The van der Waals surface area contributed by atoms with Gasteiger partial charge in [0.15, 0.2) is 0 Å². The molecule has 1 atom stereocenters. The van der Waals surface area contributed by atoms with Gasteiger partial charge in [0.25, 0.3) is 0 Å². The molecule has 0 bridgehead atoms. The quantitative estimate of drug-likeness (QED) is 0.746. The maximum Gasteiger partial charge on any atom is 0.226 e. The number of anilines is 1. The Hall–Kier alpha value is -1.57. The minimum atomic E-state index is 0.233. The maximum atomic E-state index is 12.2. The molecule has 2 rings (SSSR count). The van der Waals surface area contributed by atoms with Crippen LogP contribution in [0, 0.1) is 0 Å². The second-order valence-electron chi connectivity index (χ2n) is 5.59. The topological polar surface area (TPSA) is 20.3 Å². The molecule has 0 saturated carbocycles. The highest BCUT2D eigenvalue weighted by atomic mass is 16.2. The number of rotatable bonds is 3. The summed E-state index contributed by atoms with van der Waals surface area (Å²) in [5.74, 6) is 0.233. The molecule has 102 valence electrons.